The topological polar surface area (TPSA) is 0 Å². The summed E-state index contributed by atoms with van der Waals surface area (Å²) in [4.78, 5) is 0. The summed E-state index contributed by atoms with van der Waals surface area (Å²) >= 11 is 1.92. The molecule has 0 fully saturated rings. The fourth-order valence-corrected chi connectivity index (χ4v) is 9.81. The SMILES string of the molecule is c1ccc(-c2cccc3c2sc2c(-c4cccc(-c5cc6c7ccccc7c7cccc8c9ccccc9c(c5)c6c78)c4)cccc23)cc1. The first kappa shape index (κ1) is 27.0. The van der Waals surface area contributed by atoms with E-state index in [1.807, 2.05) is 11.3 Å². The molecule has 0 nitrogen and oxygen atoms in total. The molecule has 11 aromatic rings. The van der Waals surface area contributed by atoms with Crippen molar-refractivity contribution < 1.29 is 0 Å². The smallest absolute Gasteiger partial charge is 0.0434 e. The van der Waals surface area contributed by atoms with Crippen LogP contribution < -0.4 is 0 Å². The number of fused-ring (bicyclic) bond motifs is 9. The number of hydrogen-bond acceptors (Lipinski definition) is 1. The molecular formula is C48H28S. The number of rotatable bonds is 3. The van der Waals surface area contributed by atoms with Gasteiger partial charge in [0.1, 0.15) is 0 Å². The molecule has 1 heterocycles. The molecule has 0 bridgehead atoms. The summed E-state index contributed by atoms with van der Waals surface area (Å²) in [7, 11) is 0. The van der Waals surface area contributed by atoms with Gasteiger partial charge in [0.15, 0.2) is 0 Å². The Morgan fingerprint density at radius 2 is 0.653 bits per heavy atom. The van der Waals surface area contributed by atoms with Crippen LogP contribution >= 0.6 is 11.3 Å². The predicted molar refractivity (Wildman–Crippen MR) is 214 cm³/mol. The molecule has 0 atom stereocenters. The maximum Gasteiger partial charge on any atom is 0.0434 e. The summed E-state index contributed by atoms with van der Waals surface area (Å²) < 4.78 is 2.68. The van der Waals surface area contributed by atoms with Crippen molar-refractivity contribution in [1.29, 1.82) is 0 Å². The molecule has 0 unspecified atom stereocenters. The molecule has 0 amide bonds. The van der Waals surface area contributed by atoms with Gasteiger partial charge in [-0.3, -0.25) is 0 Å². The highest BCUT2D eigenvalue weighted by Crippen LogP contribution is 2.47. The number of benzene rings is 10. The molecule has 0 saturated carbocycles. The Labute approximate surface area is 287 Å². The second-order valence-electron chi connectivity index (χ2n) is 13.2. The fourth-order valence-electron chi connectivity index (χ4n) is 8.44. The number of thiophene rings is 1. The predicted octanol–water partition coefficient (Wildman–Crippen LogP) is 14.3. The van der Waals surface area contributed by atoms with Gasteiger partial charge < -0.3 is 0 Å². The highest BCUT2D eigenvalue weighted by Gasteiger charge is 2.19. The van der Waals surface area contributed by atoms with E-state index < -0.39 is 0 Å². The highest BCUT2D eigenvalue weighted by molar-refractivity contribution is 7.26. The van der Waals surface area contributed by atoms with Crippen molar-refractivity contribution in [1.82, 2.24) is 0 Å². The molecule has 10 aromatic carbocycles. The Kier molecular flexibility index (Phi) is 5.64. The Morgan fingerprint density at radius 3 is 1.27 bits per heavy atom. The standard InChI is InChI=1S/C48H28S/c1-2-12-29(13-3-1)33-20-9-24-41-42-25-10-21-34(48(42)49-47(33)41)31-15-8-14-30(26-31)32-27-43-37-18-6-4-16-35(37)39-22-11-23-40-36-17-5-7-19-38(36)44(28-32)46(43)45(39)40/h1-28H. The van der Waals surface area contributed by atoms with Gasteiger partial charge in [0.2, 0.25) is 0 Å². The van der Waals surface area contributed by atoms with Gasteiger partial charge in [0.25, 0.3) is 0 Å². The summed E-state index contributed by atoms with van der Waals surface area (Å²) in [6.45, 7) is 0. The minimum Gasteiger partial charge on any atom is -0.134 e. The highest BCUT2D eigenvalue weighted by atomic mass is 32.1. The lowest BCUT2D eigenvalue weighted by atomic mass is 9.84. The lowest BCUT2D eigenvalue weighted by molar-refractivity contribution is 1.64. The van der Waals surface area contributed by atoms with Crippen LogP contribution in [0.15, 0.2) is 170 Å². The van der Waals surface area contributed by atoms with E-state index in [2.05, 4.69) is 170 Å². The third kappa shape index (κ3) is 3.85. The van der Waals surface area contributed by atoms with E-state index in [0.717, 1.165) is 0 Å². The minimum absolute atomic E-state index is 1.24. The third-order valence-electron chi connectivity index (χ3n) is 10.6. The second kappa shape index (κ2) is 10.2. The molecule has 0 radical (unpaired) electrons. The average molecular weight is 637 g/mol. The molecule has 0 N–H and O–H groups in total. The van der Waals surface area contributed by atoms with Crippen LogP contribution in [-0.2, 0) is 0 Å². The molecular weight excluding hydrogens is 609 g/mol. The van der Waals surface area contributed by atoms with Crippen molar-refractivity contribution in [2.24, 2.45) is 0 Å². The molecule has 0 aliphatic rings. The summed E-state index contributed by atoms with van der Waals surface area (Å²) in [6, 6.07) is 63.1. The van der Waals surface area contributed by atoms with Crippen LogP contribution in [0.5, 0.6) is 0 Å². The first-order chi connectivity index (χ1) is 24.3. The Hall–Kier alpha value is -6.02. The Morgan fingerprint density at radius 1 is 0.245 bits per heavy atom. The van der Waals surface area contributed by atoms with Crippen molar-refractivity contribution in [3.05, 3.63) is 170 Å². The molecule has 0 saturated heterocycles. The zero-order valence-electron chi connectivity index (χ0n) is 26.6. The van der Waals surface area contributed by atoms with Gasteiger partial charge >= 0.3 is 0 Å². The van der Waals surface area contributed by atoms with Crippen molar-refractivity contribution >= 4 is 85.4 Å². The average Bonchev–Trinajstić information content (AvgIpc) is 3.57. The lowest BCUT2D eigenvalue weighted by Crippen LogP contribution is -1.91. The normalized spacial score (nSPS) is 12.1. The van der Waals surface area contributed by atoms with Crippen LogP contribution in [0.4, 0.5) is 0 Å². The second-order valence-corrected chi connectivity index (χ2v) is 14.2. The van der Waals surface area contributed by atoms with Crippen molar-refractivity contribution in [3.63, 3.8) is 0 Å². The zero-order chi connectivity index (χ0) is 32.1. The van der Waals surface area contributed by atoms with Gasteiger partial charge in [-0.1, -0.05) is 152 Å². The molecule has 0 aliphatic heterocycles. The monoisotopic (exact) mass is 636 g/mol. The van der Waals surface area contributed by atoms with Gasteiger partial charge in [0.05, 0.1) is 0 Å². The van der Waals surface area contributed by atoms with Gasteiger partial charge in [-0.25, -0.2) is 0 Å². The lowest BCUT2D eigenvalue weighted by Gasteiger charge is -2.19. The van der Waals surface area contributed by atoms with Crippen molar-refractivity contribution in [2.75, 3.05) is 0 Å². The van der Waals surface area contributed by atoms with Gasteiger partial charge in [-0.2, -0.15) is 0 Å². The number of hydrogen-bond donors (Lipinski definition) is 0. The summed E-state index contributed by atoms with van der Waals surface area (Å²) in [5.74, 6) is 0. The van der Waals surface area contributed by atoms with Crippen LogP contribution in [0.1, 0.15) is 0 Å². The van der Waals surface area contributed by atoms with E-state index in [4.69, 9.17) is 0 Å². The first-order valence-electron chi connectivity index (χ1n) is 16.9. The van der Waals surface area contributed by atoms with E-state index in [1.54, 1.807) is 0 Å². The van der Waals surface area contributed by atoms with E-state index in [-0.39, 0.29) is 0 Å². The maximum absolute atomic E-state index is 2.44. The summed E-state index contributed by atoms with van der Waals surface area (Å²) in [6.07, 6.45) is 0. The van der Waals surface area contributed by atoms with Crippen LogP contribution in [0, 0.1) is 0 Å². The molecule has 11 rings (SSSR count). The quantitative estimate of drug-likeness (QED) is 0.134. The molecule has 49 heavy (non-hydrogen) atoms. The van der Waals surface area contributed by atoms with Gasteiger partial charge in [-0.15, -0.1) is 11.3 Å². The van der Waals surface area contributed by atoms with Gasteiger partial charge in [-0.05, 0) is 105 Å². The van der Waals surface area contributed by atoms with Crippen LogP contribution in [0.3, 0.4) is 0 Å². The molecule has 226 valence electrons. The van der Waals surface area contributed by atoms with E-state index >= 15 is 0 Å². The van der Waals surface area contributed by atoms with E-state index in [1.165, 1.54) is 107 Å². The minimum atomic E-state index is 1.24. The van der Waals surface area contributed by atoms with Crippen molar-refractivity contribution in [3.8, 4) is 33.4 Å². The molecule has 1 heteroatoms. The summed E-state index contributed by atoms with van der Waals surface area (Å²) in [5.41, 5.74) is 7.57. The molecule has 1 aromatic heterocycles. The third-order valence-corrected chi connectivity index (χ3v) is 11.9. The van der Waals surface area contributed by atoms with Crippen LogP contribution in [0.25, 0.3) is 107 Å². The fraction of sp³-hybridized carbons (Fsp3) is 0. The Bertz CT molecular complexity index is 2990. The summed E-state index contributed by atoms with van der Waals surface area (Å²) in [5, 5.41) is 15.9. The molecule has 0 aliphatic carbocycles. The first-order valence-corrected chi connectivity index (χ1v) is 17.7. The van der Waals surface area contributed by atoms with Gasteiger partial charge in [0, 0.05) is 20.2 Å². The van der Waals surface area contributed by atoms with Crippen molar-refractivity contribution in [2.45, 2.75) is 0 Å². The van der Waals surface area contributed by atoms with E-state index in [0.29, 0.717) is 0 Å². The Balaban J connectivity index is 1.17. The van der Waals surface area contributed by atoms with Crippen LogP contribution in [-0.4, -0.2) is 0 Å². The zero-order valence-corrected chi connectivity index (χ0v) is 27.4. The molecule has 0 spiro atoms. The maximum atomic E-state index is 2.44. The van der Waals surface area contributed by atoms with Crippen LogP contribution in [0.2, 0.25) is 0 Å². The van der Waals surface area contributed by atoms with E-state index in [9.17, 15) is 0 Å². The largest absolute Gasteiger partial charge is 0.134 e.